The third-order valence-electron chi connectivity index (χ3n) is 4.73. The predicted octanol–water partition coefficient (Wildman–Crippen LogP) is 4.84. The number of fused-ring (bicyclic) bond motifs is 1. The first-order chi connectivity index (χ1) is 14.4. The van der Waals surface area contributed by atoms with Crippen molar-refractivity contribution in [3.63, 3.8) is 0 Å². The molecule has 2 aromatic carbocycles. The van der Waals surface area contributed by atoms with E-state index in [4.69, 9.17) is 40.2 Å². The SMILES string of the molecule is O=C1NC(=S)SC1=Cc1ccc2c(c1)N(CCCc1cccc(Cl)c1Cl)C(=O)CO2. The van der Waals surface area contributed by atoms with Crippen molar-refractivity contribution in [1.29, 1.82) is 0 Å². The summed E-state index contributed by atoms with van der Waals surface area (Å²) in [6.07, 6.45) is 3.16. The van der Waals surface area contributed by atoms with Crippen molar-refractivity contribution < 1.29 is 14.3 Å². The van der Waals surface area contributed by atoms with Crippen molar-refractivity contribution in [2.45, 2.75) is 12.8 Å². The van der Waals surface area contributed by atoms with Gasteiger partial charge in [0.25, 0.3) is 11.8 Å². The van der Waals surface area contributed by atoms with Gasteiger partial charge in [0.2, 0.25) is 0 Å². The Bertz CT molecular complexity index is 1090. The van der Waals surface area contributed by atoms with Crippen LogP contribution in [0.4, 0.5) is 5.69 Å². The third kappa shape index (κ3) is 4.49. The molecule has 0 saturated carbocycles. The fourth-order valence-electron chi connectivity index (χ4n) is 3.30. The molecule has 30 heavy (non-hydrogen) atoms. The van der Waals surface area contributed by atoms with Crippen LogP contribution in [0.25, 0.3) is 6.08 Å². The van der Waals surface area contributed by atoms with E-state index in [1.165, 1.54) is 11.8 Å². The molecule has 2 aliphatic heterocycles. The number of nitrogens with zero attached hydrogens (tertiary/aromatic N) is 1. The number of aryl methyl sites for hydroxylation is 1. The first kappa shape index (κ1) is 21.2. The zero-order valence-corrected chi connectivity index (χ0v) is 18.8. The summed E-state index contributed by atoms with van der Waals surface area (Å²) in [6, 6.07) is 11.1. The van der Waals surface area contributed by atoms with Gasteiger partial charge in [-0.2, -0.15) is 0 Å². The van der Waals surface area contributed by atoms with Gasteiger partial charge in [-0.25, -0.2) is 0 Å². The summed E-state index contributed by atoms with van der Waals surface area (Å²) in [7, 11) is 0. The second-order valence-electron chi connectivity index (χ2n) is 6.73. The van der Waals surface area contributed by atoms with Crippen LogP contribution in [0.3, 0.4) is 0 Å². The number of hydrogen-bond donors (Lipinski definition) is 1. The number of carbonyl (C=O) groups is 2. The van der Waals surface area contributed by atoms with Gasteiger partial charge in [-0.1, -0.05) is 65.4 Å². The highest BCUT2D eigenvalue weighted by molar-refractivity contribution is 8.26. The Morgan fingerprint density at radius 1 is 1.23 bits per heavy atom. The van der Waals surface area contributed by atoms with Crippen molar-refractivity contribution >= 4 is 75.1 Å². The molecule has 0 aromatic heterocycles. The largest absolute Gasteiger partial charge is 0.482 e. The minimum Gasteiger partial charge on any atom is -0.482 e. The highest BCUT2D eigenvalue weighted by Crippen LogP contribution is 2.35. The maximum atomic E-state index is 12.5. The summed E-state index contributed by atoms with van der Waals surface area (Å²) < 4.78 is 6.01. The number of amides is 2. The van der Waals surface area contributed by atoms with E-state index in [1.54, 1.807) is 17.0 Å². The Labute approximate surface area is 193 Å². The maximum absolute atomic E-state index is 12.5. The van der Waals surface area contributed by atoms with E-state index < -0.39 is 0 Å². The van der Waals surface area contributed by atoms with E-state index in [0.29, 0.717) is 50.1 Å². The van der Waals surface area contributed by atoms with Crippen molar-refractivity contribution in [2.24, 2.45) is 0 Å². The molecule has 4 rings (SSSR count). The summed E-state index contributed by atoms with van der Waals surface area (Å²) in [5.41, 5.74) is 2.42. The first-order valence-corrected chi connectivity index (χ1v) is 11.2. The van der Waals surface area contributed by atoms with Gasteiger partial charge in [0.05, 0.1) is 20.6 Å². The minimum atomic E-state index is -0.217. The number of carbonyl (C=O) groups excluding carboxylic acids is 2. The molecule has 2 aromatic rings. The number of halogens is 2. The molecule has 9 heteroatoms. The fraction of sp³-hybridized carbons (Fsp3) is 0.190. The second-order valence-corrected chi connectivity index (χ2v) is 9.23. The molecule has 0 unspecified atom stereocenters. The molecule has 1 saturated heterocycles. The van der Waals surface area contributed by atoms with E-state index in [1.807, 2.05) is 30.3 Å². The molecular weight excluding hydrogens is 463 g/mol. The van der Waals surface area contributed by atoms with Crippen LogP contribution in [-0.4, -0.2) is 29.3 Å². The summed E-state index contributed by atoms with van der Waals surface area (Å²) in [5, 5.41) is 3.66. The number of ether oxygens (including phenoxy) is 1. The molecule has 2 amide bonds. The Hall–Kier alpha value is -2.06. The number of nitrogens with one attached hydrogen (secondary N) is 1. The predicted molar refractivity (Wildman–Crippen MR) is 125 cm³/mol. The van der Waals surface area contributed by atoms with E-state index in [2.05, 4.69) is 5.32 Å². The van der Waals surface area contributed by atoms with Crippen LogP contribution >= 0.6 is 47.2 Å². The molecular formula is C21H16Cl2N2O3S2. The van der Waals surface area contributed by atoms with Gasteiger partial charge in [-0.3, -0.25) is 9.59 Å². The molecule has 2 aliphatic rings. The summed E-state index contributed by atoms with van der Waals surface area (Å²) in [6.45, 7) is 0.509. The quantitative estimate of drug-likeness (QED) is 0.491. The molecule has 0 aliphatic carbocycles. The van der Waals surface area contributed by atoms with Crippen molar-refractivity contribution in [1.82, 2.24) is 5.32 Å². The van der Waals surface area contributed by atoms with Gasteiger partial charge < -0.3 is 15.0 Å². The van der Waals surface area contributed by atoms with Gasteiger partial charge in [-0.05, 0) is 48.2 Å². The summed E-state index contributed by atoms with van der Waals surface area (Å²) >= 11 is 18.6. The average Bonchev–Trinajstić information content (AvgIpc) is 3.03. The Morgan fingerprint density at radius 3 is 2.83 bits per heavy atom. The number of anilines is 1. The van der Waals surface area contributed by atoms with Gasteiger partial charge >= 0.3 is 0 Å². The lowest BCUT2D eigenvalue weighted by atomic mass is 10.1. The molecule has 1 fully saturated rings. The van der Waals surface area contributed by atoms with E-state index in [0.717, 1.165) is 11.1 Å². The van der Waals surface area contributed by atoms with Crippen molar-refractivity contribution in [2.75, 3.05) is 18.1 Å². The molecule has 1 N–H and O–H groups in total. The first-order valence-electron chi connectivity index (χ1n) is 9.17. The van der Waals surface area contributed by atoms with E-state index in [9.17, 15) is 9.59 Å². The van der Waals surface area contributed by atoms with Gasteiger partial charge in [0.1, 0.15) is 10.1 Å². The number of hydrogen-bond acceptors (Lipinski definition) is 5. The number of benzene rings is 2. The molecule has 0 radical (unpaired) electrons. The lowest BCUT2D eigenvalue weighted by Gasteiger charge is -2.29. The zero-order valence-electron chi connectivity index (χ0n) is 15.6. The van der Waals surface area contributed by atoms with E-state index >= 15 is 0 Å². The van der Waals surface area contributed by atoms with Crippen molar-refractivity contribution in [3.8, 4) is 5.75 Å². The molecule has 154 valence electrons. The van der Waals surface area contributed by atoms with Crippen LogP contribution < -0.4 is 15.0 Å². The van der Waals surface area contributed by atoms with E-state index in [-0.39, 0.29) is 18.4 Å². The van der Waals surface area contributed by atoms with Crippen LogP contribution in [0.5, 0.6) is 5.75 Å². The maximum Gasteiger partial charge on any atom is 0.265 e. The second kappa shape index (κ2) is 8.98. The third-order valence-corrected chi connectivity index (χ3v) is 6.75. The number of thiocarbonyl (C=S) groups is 1. The lowest BCUT2D eigenvalue weighted by Crippen LogP contribution is -2.39. The highest BCUT2D eigenvalue weighted by atomic mass is 35.5. The Morgan fingerprint density at radius 2 is 2.07 bits per heavy atom. The lowest BCUT2D eigenvalue weighted by molar-refractivity contribution is -0.121. The minimum absolute atomic E-state index is 0.00210. The standard InChI is InChI=1S/C21H16Cl2N2O3S2/c22-14-5-1-3-13(19(14)23)4-2-8-25-15-9-12(6-7-16(15)28-11-18(25)26)10-17-20(27)24-21(29)30-17/h1,3,5-7,9-10H,2,4,8,11H2,(H,24,27,29). The van der Waals surface area contributed by atoms with Crippen LogP contribution in [0, 0.1) is 0 Å². The molecule has 2 heterocycles. The number of thioether (sulfide) groups is 1. The number of rotatable bonds is 5. The Kier molecular flexibility index (Phi) is 6.34. The average molecular weight is 479 g/mol. The monoisotopic (exact) mass is 478 g/mol. The van der Waals surface area contributed by atoms with Crippen LogP contribution in [-0.2, 0) is 16.0 Å². The van der Waals surface area contributed by atoms with Crippen LogP contribution in [0.2, 0.25) is 10.0 Å². The zero-order chi connectivity index (χ0) is 21.3. The highest BCUT2D eigenvalue weighted by Gasteiger charge is 2.26. The summed E-state index contributed by atoms with van der Waals surface area (Å²) in [5.74, 6) is 0.306. The normalized spacial score (nSPS) is 17.2. The topological polar surface area (TPSA) is 58.6 Å². The van der Waals surface area contributed by atoms with Crippen LogP contribution in [0.1, 0.15) is 17.5 Å². The smallest absolute Gasteiger partial charge is 0.265 e. The molecule has 0 spiro atoms. The molecule has 5 nitrogen and oxygen atoms in total. The van der Waals surface area contributed by atoms with Crippen molar-refractivity contribution in [3.05, 3.63) is 62.5 Å². The fourth-order valence-corrected chi connectivity index (χ4v) is 4.75. The molecule has 0 atom stereocenters. The van der Waals surface area contributed by atoms with Gasteiger partial charge in [-0.15, -0.1) is 0 Å². The Balaban J connectivity index is 1.53. The van der Waals surface area contributed by atoms with Gasteiger partial charge in [0, 0.05) is 6.54 Å². The summed E-state index contributed by atoms with van der Waals surface area (Å²) in [4.78, 5) is 26.7. The van der Waals surface area contributed by atoms with Gasteiger partial charge in [0.15, 0.2) is 6.61 Å². The molecule has 0 bridgehead atoms. The van der Waals surface area contributed by atoms with Crippen LogP contribution in [0.15, 0.2) is 41.3 Å².